The van der Waals surface area contributed by atoms with E-state index < -0.39 is 10.0 Å². The van der Waals surface area contributed by atoms with Gasteiger partial charge < -0.3 is 5.32 Å². The van der Waals surface area contributed by atoms with Crippen LogP contribution < -0.4 is 5.32 Å². The van der Waals surface area contributed by atoms with Gasteiger partial charge in [-0.05, 0) is 25.3 Å². The fraction of sp³-hybridized carbons (Fsp3) is 1.00. The summed E-state index contributed by atoms with van der Waals surface area (Å²) in [5.74, 6) is 0.727. The van der Waals surface area contributed by atoms with Gasteiger partial charge in [0.2, 0.25) is 10.0 Å². The molecule has 0 aromatic heterocycles. The summed E-state index contributed by atoms with van der Waals surface area (Å²) in [6.07, 6.45) is 1.69. The van der Waals surface area contributed by atoms with Crippen molar-refractivity contribution in [2.75, 3.05) is 25.4 Å². The summed E-state index contributed by atoms with van der Waals surface area (Å²) in [5, 5.41) is 3.22. The molecule has 1 fully saturated rings. The van der Waals surface area contributed by atoms with Crippen LogP contribution in [0.25, 0.3) is 0 Å². The second-order valence-corrected chi connectivity index (χ2v) is 6.89. The highest BCUT2D eigenvalue weighted by Crippen LogP contribution is 2.15. The minimum absolute atomic E-state index is 0.169. The number of hydrogen-bond donors (Lipinski definition) is 1. The van der Waals surface area contributed by atoms with Crippen LogP contribution in [0.2, 0.25) is 0 Å². The van der Waals surface area contributed by atoms with E-state index in [0.717, 1.165) is 25.9 Å². The minimum atomic E-state index is -3.06. The lowest BCUT2D eigenvalue weighted by Gasteiger charge is -2.26. The summed E-state index contributed by atoms with van der Waals surface area (Å²) in [6.45, 7) is 8.36. The second kappa shape index (κ2) is 5.98. The standard InChI is InChI=1S/C11H24N2O2S/c1-4-13(11-5-7-12-9-11)16(14,15)8-6-10(2)3/h10-12H,4-9H2,1-3H3. The van der Waals surface area contributed by atoms with Gasteiger partial charge in [-0.15, -0.1) is 0 Å². The zero-order chi connectivity index (χ0) is 12.2. The van der Waals surface area contributed by atoms with Crippen molar-refractivity contribution in [2.45, 2.75) is 39.7 Å². The van der Waals surface area contributed by atoms with Crippen LogP contribution in [0, 0.1) is 5.92 Å². The fourth-order valence-electron chi connectivity index (χ4n) is 2.07. The van der Waals surface area contributed by atoms with Crippen LogP contribution in [-0.4, -0.2) is 44.2 Å². The molecular weight excluding hydrogens is 224 g/mol. The average Bonchev–Trinajstić information content (AvgIpc) is 2.69. The van der Waals surface area contributed by atoms with Crippen LogP contribution in [0.1, 0.15) is 33.6 Å². The maximum Gasteiger partial charge on any atom is 0.214 e. The smallest absolute Gasteiger partial charge is 0.214 e. The van der Waals surface area contributed by atoms with Crippen molar-refractivity contribution < 1.29 is 8.42 Å². The van der Waals surface area contributed by atoms with Gasteiger partial charge in [-0.2, -0.15) is 4.31 Å². The molecule has 1 rings (SSSR count). The molecule has 1 heterocycles. The molecular formula is C11H24N2O2S. The molecule has 16 heavy (non-hydrogen) atoms. The number of nitrogens with one attached hydrogen (secondary N) is 1. The Hall–Kier alpha value is -0.130. The van der Waals surface area contributed by atoms with Gasteiger partial charge >= 0.3 is 0 Å². The number of rotatable bonds is 6. The molecule has 1 aliphatic rings. The highest BCUT2D eigenvalue weighted by atomic mass is 32.2. The van der Waals surface area contributed by atoms with E-state index in [2.05, 4.69) is 19.2 Å². The monoisotopic (exact) mass is 248 g/mol. The predicted molar refractivity (Wildman–Crippen MR) is 66.9 cm³/mol. The van der Waals surface area contributed by atoms with Crippen LogP contribution in [0.15, 0.2) is 0 Å². The molecule has 0 amide bonds. The number of hydrogen-bond acceptors (Lipinski definition) is 3. The van der Waals surface area contributed by atoms with Crippen LogP contribution in [0.4, 0.5) is 0 Å². The Morgan fingerprint density at radius 3 is 2.56 bits per heavy atom. The van der Waals surface area contributed by atoms with E-state index in [4.69, 9.17) is 0 Å². The Balaban J connectivity index is 2.62. The van der Waals surface area contributed by atoms with Crippen molar-refractivity contribution in [3.63, 3.8) is 0 Å². The van der Waals surface area contributed by atoms with Crippen molar-refractivity contribution in [3.8, 4) is 0 Å². The lowest BCUT2D eigenvalue weighted by molar-refractivity contribution is 0.347. The maximum absolute atomic E-state index is 12.2. The summed E-state index contributed by atoms with van der Waals surface area (Å²) >= 11 is 0. The first kappa shape index (κ1) is 13.9. The van der Waals surface area contributed by atoms with E-state index >= 15 is 0 Å². The van der Waals surface area contributed by atoms with Crippen molar-refractivity contribution in [3.05, 3.63) is 0 Å². The third kappa shape index (κ3) is 3.71. The topological polar surface area (TPSA) is 49.4 Å². The Morgan fingerprint density at radius 2 is 2.12 bits per heavy atom. The lowest BCUT2D eigenvalue weighted by Crippen LogP contribution is -2.42. The van der Waals surface area contributed by atoms with Gasteiger partial charge in [-0.3, -0.25) is 0 Å². The summed E-state index contributed by atoms with van der Waals surface area (Å²) < 4.78 is 26.0. The molecule has 0 aliphatic carbocycles. The first-order chi connectivity index (χ1) is 7.47. The third-order valence-corrected chi connectivity index (χ3v) is 5.09. The van der Waals surface area contributed by atoms with E-state index in [-0.39, 0.29) is 11.8 Å². The molecule has 0 bridgehead atoms. The zero-order valence-electron chi connectivity index (χ0n) is 10.6. The normalized spacial score (nSPS) is 22.2. The molecule has 1 N–H and O–H groups in total. The molecule has 0 aromatic carbocycles. The number of likely N-dealkylation sites (N-methyl/N-ethyl adjacent to an activating group) is 1. The van der Waals surface area contributed by atoms with Gasteiger partial charge in [0.25, 0.3) is 0 Å². The van der Waals surface area contributed by atoms with Crippen molar-refractivity contribution in [1.82, 2.24) is 9.62 Å². The molecule has 96 valence electrons. The Labute approximate surface area is 99.5 Å². The highest BCUT2D eigenvalue weighted by Gasteiger charge is 2.30. The summed E-state index contributed by atoms with van der Waals surface area (Å²) in [4.78, 5) is 0. The van der Waals surface area contributed by atoms with Gasteiger partial charge in [-0.25, -0.2) is 8.42 Å². The third-order valence-electron chi connectivity index (χ3n) is 3.06. The zero-order valence-corrected chi connectivity index (χ0v) is 11.4. The molecule has 1 unspecified atom stereocenters. The van der Waals surface area contributed by atoms with Crippen LogP contribution >= 0.6 is 0 Å². The summed E-state index contributed by atoms with van der Waals surface area (Å²) in [7, 11) is -3.06. The van der Waals surface area contributed by atoms with E-state index in [0.29, 0.717) is 12.5 Å². The second-order valence-electron chi connectivity index (χ2n) is 4.85. The largest absolute Gasteiger partial charge is 0.315 e. The molecule has 1 aliphatic heterocycles. The molecule has 0 radical (unpaired) electrons. The van der Waals surface area contributed by atoms with Gasteiger partial charge in [-0.1, -0.05) is 20.8 Å². The summed E-state index contributed by atoms with van der Waals surface area (Å²) in [5.41, 5.74) is 0. The predicted octanol–water partition coefficient (Wildman–Crippen LogP) is 1.05. The van der Waals surface area contributed by atoms with Crippen molar-refractivity contribution >= 4 is 10.0 Å². The summed E-state index contributed by atoms with van der Waals surface area (Å²) in [6, 6.07) is 0.169. The molecule has 0 spiro atoms. The number of nitrogens with zero attached hydrogens (tertiary/aromatic N) is 1. The van der Waals surface area contributed by atoms with E-state index in [1.165, 1.54) is 0 Å². The molecule has 5 heteroatoms. The van der Waals surface area contributed by atoms with E-state index in [9.17, 15) is 8.42 Å². The SMILES string of the molecule is CCN(C1CCNC1)S(=O)(=O)CCC(C)C. The van der Waals surface area contributed by atoms with Gasteiger partial charge in [0.1, 0.15) is 0 Å². The van der Waals surface area contributed by atoms with E-state index in [1.807, 2.05) is 6.92 Å². The molecule has 4 nitrogen and oxygen atoms in total. The lowest BCUT2D eigenvalue weighted by atomic mass is 10.2. The van der Waals surface area contributed by atoms with Crippen LogP contribution in [-0.2, 0) is 10.0 Å². The average molecular weight is 248 g/mol. The first-order valence-electron chi connectivity index (χ1n) is 6.17. The highest BCUT2D eigenvalue weighted by molar-refractivity contribution is 7.89. The molecule has 0 saturated carbocycles. The minimum Gasteiger partial charge on any atom is -0.315 e. The van der Waals surface area contributed by atoms with Gasteiger partial charge in [0, 0.05) is 19.1 Å². The first-order valence-corrected chi connectivity index (χ1v) is 7.78. The fourth-order valence-corrected chi connectivity index (χ4v) is 4.10. The molecule has 1 saturated heterocycles. The van der Waals surface area contributed by atoms with E-state index in [1.54, 1.807) is 4.31 Å². The van der Waals surface area contributed by atoms with Crippen molar-refractivity contribution in [2.24, 2.45) is 5.92 Å². The maximum atomic E-state index is 12.2. The Bertz CT molecular complexity index is 295. The Morgan fingerprint density at radius 1 is 1.44 bits per heavy atom. The van der Waals surface area contributed by atoms with Gasteiger partial charge in [0.15, 0.2) is 0 Å². The van der Waals surface area contributed by atoms with Crippen molar-refractivity contribution in [1.29, 1.82) is 0 Å². The molecule has 1 atom stereocenters. The van der Waals surface area contributed by atoms with Crippen LogP contribution in [0.5, 0.6) is 0 Å². The Kier molecular flexibility index (Phi) is 5.21. The van der Waals surface area contributed by atoms with Crippen LogP contribution in [0.3, 0.4) is 0 Å². The molecule has 0 aromatic rings. The number of sulfonamides is 1. The van der Waals surface area contributed by atoms with Gasteiger partial charge in [0.05, 0.1) is 5.75 Å². The quantitative estimate of drug-likeness (QED) is 0.764.